The first-order valence-electron chi connectivity index (χ1n) is 5.45. The van der Waals surface area contributed by atoms with Crippen molar-refractivity contribution in [3.63, 3.8) is 0 Å². The zero-order valence-corrected chi connectivity index (χ0v) is 9.33. The minimum Gasteiger partial charge on any atom is -0.319 e. The van der Waals surface area contributed by atoms with Crippen molar-refractivity contribution >= 4 is 5.52 Å². The largest absolute Gasteiger partial charge is 0.319 e. The maximum Gasteiger partial charge on any atom is 0.113 e. The molecule has 0 unspecified atom stereocenters. The molecule has 2 aromatic heterocycles. The van der Waals surface area contributed by atoms with Crippen molar-refractivity contribution in [2.45, 2.75) is 19.8 Å². The third kappa shape index (κ3) is 1.88. The number of likely N-dealkylation sites (N-methyl/N-ethyl adjacent to an activating group) is 1. The maximum atomic E-state index is 4.43. The lowest BCUT2D eigenvalue weighted by atomic mass is 10.2. The summed E-state index contributed by atoms with van der Waals surface area (Å²) >= 11 is 0. The number of hydrogen-bond donors (Lipinski definition) is 1. The lowest BCUT2D eigenvalue weighted by Gasteiger charge is -2.07. The zero-order valence-electron chi connectivity index (χ0n) is 9.33. The minimum absolute atomic E-state index is 0.977. The molecule has 2 aromatic rings. The van der Waals surface area contributed by atoms with Gasteiger partial charge in [-0.25, -0.2) is 4.98 Å². The number of pyridine rings is 1. The third-order valence-electron chi connectivity index (χ3n) is 2.65. The lowest BCUT2D eigenvalue weighted by molar-refractivity contribution is 0.757. The molecule has 80 valence electrons. The molecule has 0 atom stereocenters. The van der Waals surface area contributed by atoms with Crippen molar-refractivity contribution in [3.8, 4) is 0 Å². The van der Waals surface area contributed by atoms with Crippen LogP contribution in [0.25, 0.3) is 5.52 Å². The SMILES string of the molecule is CCc1ncc2cccc(CCNC)n12. The second-order valence-corrected chi connectivity index (χ2v) is 3.66. The summed E-state index contributed by atoms with van der Waals surface area (Å²) < 4.78 is 2.26. The number of nitrogens with zero attached hydrogens (tertiary/aromatic N) is 2. The van der Waals surface area contributed by atoms with E-state index in [1.54, 1.807) is 0 Å². The van der Waals surface area contributed by atoms with E-state index in [4.69, 9.17) is 0 Å². The molecular formula is C12H17N3. The number of nitrogens with one attached hydrogen (secondary N) is 1. The predicted molar refractivity (Wildman–Crippen MR) is 62.2 cm³/mol. The number of fused-ring (bicyclic) bond motifs is 1. The normalized spacial score (nSPS) is 11.1. The molecule has 0 saturated heterocycles. The Bertz CT molecular complexity index is 445. The molecule has 0 spiro atoms. The number of hydrogen-bond acceptors (Lipinski definition) is 2. The van der Waals surface area contributed by atoms with Gasteiger partial charge in [0.1, 0.15) is 5.82 Å². The smallest absolute Gasteiger partial charge is 0.113 e. The molecule has 0 aromatic carbocycles. The molecule has 0 fully saturated rings. The topological polar surface area (TPSA) is 29.3 Å². The summed E-state index contributed by atoms with van der Waals surface area (Å²) in [5.41, 5.74) is 2.52. The Morgan fingerprint density at radius 3 is 3.00 bits per heavy atom. The van der Waals surface area contributed by atoms with Gasteiger partial charge in [0.15, 0.2) is 0 Å². The summed E-state index contributed by atoms with van der Waals surface area (Å²) in [6.07, 6.45) is 3.96. The Hall–Kier alpha value is -1.35. The van der Waals surface area contributed by atoms with Gasteiger partial charge in [-0.1, -0.05) is 13.0 Å². The van der Waals surface area contributed by atoms with E-state index in [0.29, 0.717) is 0 Å². The Labute approximate surface area is 90.1 Å². The Kier molecular flexibility index (Phi) is 3.02. The summed E-state index contributed by atoms with van der Waals surface area (Å²) in [4.78, 5) is 4.43. The second-order valence-electron chi connectivity index (χ2n) is 3.66. The van der Waals surface area contributed by atoms with Gasteiger partial charge >= 0.3 is 0 Å². The first-order chi connectivity index (χ1) is 7.36. The van der Waals surface area contributed by atoms with Crippen molar-refractivity contribution in [3.05, 3.63) is 35.9 Å². The first-order valence-corrected chi connectivity index (χ1v) is 5.45. The van der Waals surface area contributed by atoms with Crippen LogP contribution < -0.4 is 5.32 Å². The van der Waals surface area contributed by atoms with Crippen LogP contribution in [0, 0.1) is 0 Å². The Morgan fingerprint density at radius 2 is 2.27 bits per heavy atom. The summed E-state index contributed by atoms with van der Waals surface area (Å²) in [5.74, 6) is 1.15. The average molecular weight is 203 g/mol. The Balaban J connectivity index is 2.47. The highest BCUT2D eigenvalue weighted by molar-refractivity contribution is 5.47. The maximum absolute atomic E-state index is 4.43. The quantitative estimate of drug-likeness (QED) is 0.819. The highest BCUT2D eigenvalue weighted by Crippen LogP contribution is 2.11. The van der Waals surface area contributed by atoms with E-state index in [1.807, 2.05) is 13.2 Å². The van der Waals surface area contributed by atoms with Crippen molar-refractivity contribution < 1.29 is 0 Å². The van der Waals surface area contributed by atoms with Crippen molar-refractivity contribution in [1.82, 2.24) is 14.7 Å². The summed E-state index contributed by atoms with van der Waals surface area (Å²) in [5, 5.41) is 3.18. The van der Waals surface area contributed by atoms with Gasteiger partial charge in [0.2, 0.25) is 0 Å². The van der Waals surface area contributed by atoms with Gasteiger partial charge in [0, 0.05) is 25.1 Å². The van der Waals surface area contributed by atoms with Crippen LogP contribution in [0.3, 0.4) is 0 Å². The minimum atomic E-state index is 0.977. The van der Waals surface area contributed by atoms with E-state index in [1.165, 1.54) is 11.2 Å². The lowest BCUT2D eigenvalue weighted by Crippen LogP contribution is -2.13. The molecule has 0 aliphatic carbocycles. The molecule has 0 bridgehead atoms. The fourth-order valence-corrected chi connectivity index (χ4v) is 1.88. The van der Waals surface area contributed by atoms with E-state index in [0.717, 1.165) is 25.2 Å². The molecular weight excluding hydrogens is 186 g/mol. The highest BCUT2D eigenvalue weighted by atomic mass is 15.0. The fourth-order valence-electron chi connectivity index (χ4n) is 1.88. The molecule has 3 heteroatoms. The van der Waals surface area contributed by atoms with Crippen LogP contribution in [0.1, 0.15) is 18.4 Å². The fraction of sp³-hybridized carbons (Fsp3) is 0.417. The molecule has 3 nitrogen and oxygen atoms in total. The molecule has 15 heavy (non-hydrogen) atoms. The van der Waals surface area contributed by atoms with Gasteiger partial charge in [-0.05, 0) is 19.2 Å². The van der Waals surface area contributed by atoms with Gasteiger partial charge < -0.3 is 9.72 Å². The van der Waals surface area contributed by atoms with Gasteiger partial charge in [-0.15, -0.1) is 0 Å². The van der Waals surface area contributed by atoms with Crippen molar-refractivity contribution in [2.24, 2.45) is 0 Å². The number of aryl methyl sites for hydroxylation is 1. The van der Waals surface area contributed by atoms with Crippen LogP contribution in [0.15, 0.2) is 24.4 Å². The zero-order chi connectivity index (χ0) is 10.7. The first kappa shape index (κ1) is 10.2. The van der Waals surface area contributed by atoms with Crippen molar-refractivity contribution in [1.29, 1.82) is 0 Å². The van der Waals surface area contributed by atoms with Crippen molar-refractivity contribution in [2.75, 3.05) is 13.6 Å². The second kappa shape index (κ2) is 4.45. The van der Waals surface area contributed by atoms with Crippen LogP contribution in [0.2, 0.25) is 0 Å². The van der Waals surface area contributed by atoms with E-state index >= 15 is 0 Å². The molecule has 0 radical (unpaired) electrons. The monoisotopic (exact) mass is 203 g/mol. The average Bonchev–Trinajstić information content (AvgIpc) is 2.69. The number of imidazole rings is 1. The summed E-state index contributed by atoms with van der Waals surface area (Å²) in [6, 6.07) is 6.38. The third-order valence-corrected chi connectivity index (χ3v) is 2.65. The molecule has 0 saturated carbocycles. The highest BCUT2D eigenvalue weighted by Gasteiger charge is 2.05. The van der Waals surface area contributed by atoms with Gasteiger partial charge in [0.05, 0.1) is 11.7 Å². The van der Waals surface area contributed by atoms with E-state index < -0.39 is 0 Å². The van der Waals surface area contributed by atoms with Crippen LogP contribution >= 0.6 is 0 Å². The molecule has 2 heterocycles. The van der Waals surface area contributed by atoms with E-state index in [9.17, 15) is 0 Å². The van der Waals surface area contributed by atoms with Crippen LogP contribution in [0.4, 0.5) is 0 Å². The Morgan fingerprint density at radius 1 is 1.40 bits per heavy atom. The predicted octanol–water partition coefficient (Wildman–Crippen LogP) is 1.66. The van der Waals surface area contributed by atoms with Crippen LogP contribution in [-0.2, 0) is 12.8 Å². The van der Waals surface area contributed by atoms with Crippen LogP contribution in [-0.4, -0.2) is 23.0 Å². The summed E-state index contributed by atoms with van der Waals surface area (Å²) in [6.45, 7) is 3.14. The van der Waals surface area contributed by atoms with Crippen LogP contribution in [0.5, 0.6) is 0 Å². The van der Waals surface area contributed by atoms with Gasteiger partial charge in [0.25, 0.3) is 0 Å². The number of aromatic nitrogens is 2. The standard InChI is InChI=1S/C12H17N3/c1-3-12-14-9-11-6-4-5-10(15(11)12)7-8-13-2/h4-6,9,13H,3,7-8H2,1-2H3. The molecule has 0 aliphatic rings. The van der Waals surface area contributed by atoms with Gasteiger partial charge in [-0.3, -0.25) is 0 Å². The molecule has 1 N–H and O–H groups in total. The molecule has 0 aliphatic heterocycles. The molecule has 0 amide bonds. The van der Waals surface area contributed by atoms with E-state index in [-0.39, 0.29) is 0 Å². The number of rotatable bonds is 4. The summed E-state index contributed by atoms with van der Waals surface area (Å²) in [7, 11) is 1.98. The van der Waals surface area contributed by atoms with Gasteiger partial charge in [-0.2, -0.15) is 0 Å². The molecule has 2 rings (SSSR count). The van der Waals surface area contributed by atoms with E-state index in [2.05, 4.69) is 39.8 Å².